The van der Waals surface area contributed by atoms with E-state index < -0.39 is 6.10 Å². The van der Waals surface area contributed by atoms with Crippen molar-refractivity contribution >= 4 is 0 Å². The Kier molecular flexibility index (Phi) is 3.06. The number of aryl methyl sites for hydroxylation is 1. The minimum Gasteiger partial charge on any atom is -0.385 e. The summed E-state index contributed by atoms with van der Waals surface area (Å²) in [6.07, 6.45) is 1.03. The molecule has 13 heavy (non-hydrogen) atoms. The maximum absolute atomic E-state index is 9.84. The van der Waals surface area contributed by atoms with Crippen LogP contribution in [0, 0.1) is 5.92 Å². The Balaban J connectivity index is 2.79. The van der Waals surface area contributed by atoms with Crippen molar-refractivity contribution in [3.05, 3.63) is 18.0 Å². The third-order valence-electron chi connectivity index (χ3n) is 2.30. The number of nitrogens with two attached hydrogens (primary N) is 1. The van der Waals surface area contributed by atoms with Gasteiger partial charge in [0.1, 0.15) is 6.10 Å². The van der Waals surface area contributed by atoms with Gasteiger partial charge in [-0.2, -0.15) is 5.10 Å². The molecule has 0 aromatic carbocycles. The second-order valence-electron chi connectivity index (χ2n) is 3.65. The lowest BCUT2D eigenvalue weighted by molar-refractivity contribution is 0.117. The molecule has 1 aromatic rings. The van der Waals surface area contributed by atoms with E-state index in [-0.39, 0.29) is 12.0 Å². The smallest absolute Gasteiger partial charge is 0.111 e. The molecule has 2 atom stereocenters. The average Bonchev–Trinajstić information content (AvgIpc) is 2.48. The number of aliphatic hydroxyl groups is 1. The summed E-state index contributed by atoms with van der Waals surface area (Å²) in [6.45, 7) is 3.98. The first-order valence-electron chi connectivity index (χ1n) is 4.45. The first-order chi connectivity index (χ1) is 6.04. The molecule has 1 heterocycles. The molecule has 0 aliphatic carbocycles. The van der Waals surface area contributed by atoms with Gasteiger partial charge in [0.2, 0.25) is 0 Å². The van der Waals surface area contributed by atoms with E-state index in [1.807, 2.05) is 13.8 Å². The van der Waals surface area contributed by atoms with Crippen LogP contribution in [0.4, 0.5) is 0 Å². The van der Waals surface area contributed by atoms with E-state index in [1.165, 1.54) is 0 Å². The summed E-state index contributed by atoms with van der Waals surface area (Å²) < 4.78 is 1.65. The van der Waals surface area contributed by atoms with Crippen molar-refractivity contribution < 1.29 is 5.11 Å². The molecule has 0 saturated carbocycles. The molecule has 0 saturated heterocycles. The second-order valence-corrected chi connectivity index (χ2v) is 3.65. The molecular formula is C9H17N3O. The van der Waals surface area contributed by atoms with E-state index in [9.17, 15) is 5.11 Å². The summed E-state index contributed by atoms with van der Waals surface area (Å²) >= 11 is 0. The fourth-order valence-electron chi connectivity index (χ4n) is 1.24. The zero-order chi connectivity index (χ0) is 10.0. The monoisotopic (exact) mass is 183 g/mol. The molecule has 2 unspecified atom stereocenters. The predicted octanol–water partition coefficient (Wildman–Crippen LogP) is 0.437. The first-order valence-corrected chi connectivity index (χ1v) is 4.45. The lowest BCUT2D eigenvalue weighted by Gasteiger charge is -2.22. The number of aliphatic hydroxyl groups excluding tert-OH is 1. The molecule has 4 heteroatoms. The van der Waals surface area contributed by atoms with Crippen LogP contribution < -0.4 is 5.73 Å². The van der Waals surface area contributed by atoms with Crippen LogP contribution in [-0.2, 0) is 7.05 Å². The van der Waals surface area contributed by atoms with Gasteiger partial charge in [0, 0.05) is 19.3 Å². The summed E-state index contributed by atoms with van der Waals surface area (Å²) in [4.78, 5) is 0. The van der Waals surface area contributed by atoms with Crippen molar-refractivity contribution in [1.82, 2.24) is 9.78 Å². The summed E-state index contributed by atoms with van der Waals surface area (Å²) in [5.74, 6) is 0.255. The number of rotatable bonds is 3. The van der Waals surface area contributed by atoms with Gasteiger partial charge in [-0.25, -0.2) is 0 Å². The lowest BCUT2D eigenvalue weighted by Crippen LogP contribution is -2.34. The van der Waals surface area contributed by atoms with Crippen molar-refractivity contribution in [3.8, 4) is 0 Å². The standard InChI is InChI=1S/C9H17N3O/c1-6(2)8(10)9(13)7-4-5-11-12(7)3/h4-6,8-9,13H,10H2,1-3H3. The van der Waals surface area contributed by atoms with Crippen molar-refractivity contribution in [2.75, 3.05) is 0 Å². The van der Waals surface area contributed by atoms with Gasteiger partial charge in [0.05, 0.1) is 5.69 Å². The topological polar surface area (TPSA) is 64.1 Å². The van der Waals surface area contributed by atoms with Gasteiger partial charge in [0.15, 0.2) is 0 Å². The van der Waals surface area contributed by atoms with Crippen LogP contribution >= 0.6 is 0 Å². The highest BCUT2D eigenvalue weighted by Crippen LogP contribution is 2.18. The molecule has 3 N–H and O–H groups in total. The molecule has 0 aliphatic heterocycles. The zero-order valence-corrected chi connectivity index (χ0v) is 8.31. The van der Waals surface area contributed by atoms with Crippen LogP contribution in [0.1, 0.15) is 25.6 Å². The van der Waals surface area contributed by atoms with Crippen LogP contribution in [-0.4, -0.2) is 20.9 Å². The Morgan fingerprint density at radius 3 is 2.54 bits per heavy atom. The van der Waals surface area contributed by atoms with Crippen molar-refractivity contribution in [1.29, 1.82) is 0 Å². The SMILES string of the molecule is CC(C)C(N)C(O)c1ccnn1C. The Morgan fingerprint density at radius 1 is 1.54 bits per heavy atom. The average molecular weight is 183 g/mol. The summed E-state index contributed by atoms with van der Waals surface area (Å²) in [7, 11) is 1.80. The highest BCUT2D eigenvalue weighted by molar-refractivity contribution is 5.06. The van der Waals surface area contributed by atoms with Crippen LogP contribution in [0.25, 0.3) is 0 Å². The summed E-state index contributed by atoms with van der Waals surface area (Å²) in [6, 6.07) is 1.54. The molecule has 0 amide bonds. The minimum absolute atomic E-state index is 0.240. The fraction of sp³-hybridized carbons (Fsp3) is 0.667. The van der Waals surface area contributed by atoms with Gasteiger partial charge < -0.3 is 10.8 Å². The number of aromatic nitrogens is 2. The van der Waals surface area contributed by atoms with Gasteiger partial charge in [-0.15, -0.1) is 0 Å². The van der Waals surface area contributed by atoms with Gasteiger partial charge in [-0.05, 0) is 12.0 Å². The van der Waals surface area contributed by atoms with Crippen molar-refractivity contribution in [3.63, 3.8) is 0 Å². The number of nitrogens with zero attached hydrogens (tertiary/aromatic N) is 2. The Labute approximate surface area is 78.4 Å². The first kappa shape index (κ1) is 10.2. The van der Waals surface area contributed by atoms with E-state index in [0.29, 0.717) is 0 Å². The molecular weight excluding hydrogens is 166 g/mol. The second kappa shape index (κ2) is 3.89. The van der Waals surface area contributed by atoms with Gasteiger partial charge in [-0.1, -0.05) is 13.8 Å². The van der Waals surface area contributed by atoms with Gasteiger partial charge in [-0.3, -0.25) is 4.68 Å². The van der Waals surface area contributed by atoms with Crippen LogP contribution in [0.15, 0.2) is 12.3 Å². The van der Waals surface area contributed by atoms with E-state index in [2.05, 4.69) is 5.10 Å². The maximum atomic E-state index is 9.84. The van der Waals surface area contributed by atoms with Gasteiger partial charge >= 0.3 is 0 Å². The van der Waals surface area contributed by atoms with Crippen molar-refractivity contribution in [2.45, 2.75) is 26.0 Å². The van der Waals surface area contributed by atoms with E-state index in [4.69, 9.17) is 5.73 Å². The van der Waals surface area contributed by atoms with E-state index in [0.717, 1.165) is 5.69 Å². The highest BCUT2D eigenvalue weighted by atomic mass is 16.3. The molecule has 1 rings (SSSR count). The van der Waals surface area contributed by atoms with Crippen LogP contribution in [0.2, 0.25) is 0 Å². The Morgan fingerprint density at radius 2 is 2.15 bits per heavy atom. The minimum atomic E-state index is -0.632. The largest absolute Gasteiger partial charge is 0.385 e. The van der Waals surface area contributed by atoms with E-state index >= 15 is 0 Å². The van der Waals surface area contributed by atoms with E-state index in [1.54, 1.807) is 24.0 Å². The maximum Gasteiger partial charge on any atom is 0.111 e. The number of hydrogen-bond acceptors (Lipinski definition) is 3. The molecule has 0 spiro atoms. The molecule has 0 radical (unpaired) electrons. The molecule has 74 valence electrons. The molecule has 4 nitrogen and oxygen atoms in total. The van der Waals surface area contributed by atoms with Crippen LogP contribution in [0.5, 0.6) is 0 Å². The third-order valence-corrected chi connectivity index (χ3v) is 2.30. The summed E-state index contributed by atoms with van der Waals surface area (Å²) in [5, 5.41) is 13.8. The normalized spacial score (nSPS) is 16.2. The highest BCUT2D eigenvalue weighted by Gasteiger charge is 2.21. The van der Waals surface area contributed by atoms with Crippen molar-refractivity contribution in [2.24, 2.45) is 18.7 Å². The Bertz CT molecular complexity index is 270. The molecule has 0 bridgehead atoms. The Hall–Kier alpha value is -0.870. The van der Waals surface area contributed by atoms with Crippen LogP contribution in [0.3, 0.4) is 0 Å². The third kappa shape index (κ3) is 2.08. The fourth-order valence-corrected chi connectivity index (χ4v) is 1.24. The molecule has 1 aromatic heterocycles. The zero-order valence-electron chi connectivity index (χ0n) is 8.31. The quantitative estimate of drug-likeness (QED) is 0.714. The molecule has 0 aliphatic rings. The number of hydrogen-bond donors (Lipinski definition) is 2. The summed E-state index contributed by atoms with van der Waals surface area (Å²) in [5.41, 5.74) is 6.59. The van der Waals surface area contributed by atoms with Gasteiger partial charge in [0.25, 0.3) is 0 Å². The molecule has 0 fully saturated rings. The lowest BCUT2D eigenvalue weighted by atomic mass is 9.97. The predicted molar refractivity (Wildman–Crippen MR) is 51.0 cm³/mol.